The summed E-state index contributed by atoms with van der Waals surface area (Å²) >= 11 is 6.03. The van der Waals surface area contributed by atoms with E-state index in [1.54, 1.807) is 0 Å². The van der Waals surface area contributed by atoms with E-state index in [0.29, 0.717) is 17.8 Å². The Bertz CT molecular complexity index is 937. The molecular formula is C23H25ClN2O. The molecule has 27 heavy (non-hydrogen) atoms. The van der Waals surface area contributed by atoms with Crippen LogP contribution in [0.1, 0.15) is 73.3 Å². The van der Waals surface area contributed by atoms with Crippen molar-refractivity contribution in [2.45, 2.75) is 56.5 Å². The zero-order valence-corrected chi connectivity index (χ0v) is 16.1. The molecule has 1 atom stereocenters. The van der Waals surface area contributed by atoms with E-state index in [9.17, 15) is 5.11 Å². The van der Waals surface area contributed by atoms with E-state index in [4.69, 9.17) is 11.6 Å². The summed E-state index contributed by atoms with van der Waals surface area (Å²) in [6, 6.07) is 12.6. The van der Waals surface area contributed by atoms with Crippen molar-refractivity contribution in [3.05, 3.63) is 70.8 Å². The van der Waals surface area contributed by atoms with Crippen LogP contribution in [-0.4, -0.2) is 14.5 Å². The number of halogens is 1. The number of imidazole rings is 1. The van der Waals surface area contributed by atoms with Crippen LogP contribution in [0.15, 0.2) is 48.9 Å². The smallest absolute Gasteiger partial charge is 0.0995 e. The highest BCUT2D eigenvalue weighted by Gasteiger charge is 2.34. The van der Waals surface area contributed by atoms with Crippen LogP contribution in [0.4, 0.5) is 0 Å². The van der Waals surface area contributed by atoms with E-state index >= 15 is 0 Å². The number of aromatic nitrogens is 2. The molecule has 2 aliphatic rings. The van der Waals surface area contributed by atoms with E-state index < -0.39 is 6.10 Å². The van der Waals surface area contributed by atoms with Gasteiger partial charge in [-0.3, -0.25) is 0 Å². The van der Waals surface area contributed by atoms with Crippen molar-refractivity contribution in [2.24, 2.45) is 5.92 Å². The molecule has 2 aromatic heterocycles. The molecule has 0 bridgehead atoms. The average molecular weight is 381 g/mol. The highest BCUT2D eigenvalue weighted by Crippen LogP contribution is 2.47. The average Bonchev–Trinajstić information content (AvgIpc) is 3.44. The third kappa shape index (κ3) is 3.28. The van der Waals surface area contributed by atoms with E-state index in [0.717, 1.165) is 41.9 Å². The van der Waals surface area contributed by atoms with Gasteiger partial charge >= 0.3 is 0 Å². The molecule has 0 unspecified atom stereocenters. The van der Waals surface area contributed by atoms with Gasteiger partial charge in [-0.25, -0.2) is 4.98 Å². The lowest BCUT2D eigenvalue weighted by Gasteiger charge is -2.33. The number of pyridine rings is 1. The predicted molar refractivity (Wildman–Crippen MR) is 108 cm³/mol. The third-order valence-electron chi connectivity index (χ3n) is 6.51. The molecule has 2 heterocycles. The predicted octanol–water partition coefficient (Wildman–Crippen LogP) is 5.87. The number of aliphatic hydroxyl groups excluding tert-OH is 1. The number of rotatable bonds is 4. The SMILES string of the molecule is O[C@@H](c1c(C2CC2)ccc2cncn12)[C@H]1CC[C@H](c2ccc(Cl)cc2)CC1. The summed E-state index contributed by atoms with van der Waals surface area (Å²) in [6.07, 6.45) is 10.2. The normalized spacial score (nSPS) is 24.2. The zero-order valence-electron chi connectivity index (χ0n) is 15.4. The fraction of sp³-hybridized carbons (Fsp3) is 0.435. The maximum Gasteiger partial charge on any atom is 0.0995 e. The van der Waals surface area contributed by atoms with Crippen LogP contribution in [0.2, 0.25) is 5.02 Å². The summed E-state index contributed by atoms with van der Waals surface area (Å²) in [6.45, 7) is 0. The summed E-state index contributed by atoms with van der Waals surface area (Å²) in [4.78, 5) is 4.31. The van der Waals surface area contributed by atoms with Crippen molar-refractivity contribution in [1.29, 1.82) is 0 Å². The van der Waals surface area contributed by atoms with Crippen molar-refractivity contribution >= 4 is 17.1 Å². The van der Waals surface area contributed by atoms with Gasteiger partial charge in [-0.2, -0.15) is 0 Å². The maximum absolute atomic E-state index is 11.3. The van der Waals surface area contributed by atoms with Crippen molar-refractivity contribution in [3.8, 4) is 0 Å². The van der Waals surface area contributed by atoms with E-state index in [2.05, 4.69) is 33.7 Å². The van der Waals surface area contributed by atoms with Crippen molar-refractivity contribution in [1.82, 2.24) is 9.38 Å². The summed E-state index contributed by atoms with van der Waals surface area (Å²) in [5, 5.41) is 12.1. The van der Waals surface area contributed by atoms with Crippen LogP contribution in [0.25, 0.3) is 5.52 Å². The van der Waals surface area contributed by atoms with Crippen molar-refractivity contribution < 1.29 is 5.11 Å². The van der Waals surface area contributed by atoms with Gasteiger partial charge in [-0.05, 0) is 85.6 Å². The minimum atomic E-state index is -0.412. The van der Waals surface area contributed by atoms with Crippen LogP contribution in [0.3, 0.4) is 0 Å². The van der Waals surface area contributed by atoms with E-state index in [1.807, 2.05) is 24.7 Å². The van der Waals surface area contributed by atoms with Crippen LogP contribution >= 0.6 is 11.6 Å². The third-order valence-corrected chi connectivity index (χ3v) is 6.77. The highest BCUT2D eigenvalue weighted by atomic mass is 35.5. The first-order valence-corrected chi connectivity index (χ1v) is 10.5. The number of aliphatic hydroxyl groups is 1. The van der Waals surface area contributed by atoms with E-state index in [-0.39, 0.29) is 0 Å². The molecule has 0 aliphatic heterocycles. The van der Waals surface area contributed by atoms with Gasteiger partial charge < -0.3 is 9.51 Å². The number of benzene rings is 1. The molecule has 3 aromatic rings. The van der Waals surface area contributed by atoms with Gasteiger partial charge in [0.25, 0.3) is 0 Å². The standard InChI is InChI=1S/C23H25ClN2O/c24-19-9-7-16(8-10-19)15-1-5-18(6-2-15)23(27)22-21(17-3-4-17)12-11-20-13-25-14-26(20)22/h7-15,17-18,23,27H,1-6H2/t15-,18-,23-/m1/s1. The molecule has 0 saturated heterocycles. The Kier molecular flexibility index (Phi) is 4.45. The molecule has 1 N–H and O–H groups in total. The maximum atomic E-state index is 11.3. The lowest BCUT2D eigenvalue weighted by molar-refractivity contribution is 0.0754. The minimum absolute atomic E-state index is 0.319. The minimum Gasteiger partial charge on any atom is -0.387 e. The molecule has 3 nitrogen and oxygen atoms in total. The second-order valence-corrected chi connectivity index (χ2v) is 8.68. The van der Waals surface area contributed by atoms with Gasteiger partial charge in [0.15, 0.2) is 0 Å². The Hall–Kier alpha value is -1.84. The second kappa shape index (κ2) is 6.96. The fourth-order valence-electron chi connectivity index (χ4n) is 4.81. The second-order valence-electron chi connectivity index (χ2n) is 8.24. The van der Waals surface area contributed by atoms with Gasteiger partial charge in [0.2, 0.25) is 0 Å². The Morgan fingerprint density at radius 2 is 1.63 bits per heavy atom. The van der Waals surface area contributed by atoms with Gasteiger partial charge in [0.05, 0.1) is 29.8 Å². The van der Waals surface area contributed by atoms with Gasteiger partial charge in [-0.15, -0.1) is 0 Å². The lowest BCUT2D eigenvalue weighted by atomic mass is 9.75. The highest BCUT2D eigenvalue weighted by molar-refractivity contribution is 6.30. The molecule has 5 rings (SSSR count). The molecule has 2 aliphatic carbocycles. The number of nitrogens with zero attached hydrogens (tertiary/aromatic N) is 2. The summed E-state index contributed by atoms with van der Waals surface area (Å²) in [5.41, 5.74) is 4.86. The fourth-order valence-corrected chi connectivity index (χ4v) is 4.93. The molecule has 0 amide bonds. The Morgan fingerprint density at radius 3 is 2.33 bits per heavy atom. The molecule has 0 radical (unpaired) electrons. The number of hydrogen-bond acceptors (Lipinski definition) is 2. The monoisotopic (exact) mass is 380 g/mol. The van der Waals surface area contributed by atoms with Gasteiger partial charge in [-0.1, -0.05) is 29.8 Å². The first-order chi connectivity index (χ1) is 13.2. The van der Waals surface area contributed by atoms with Crippen LogP contribution < -0.4 is 0 Å². The summed E-state index contributed by atoms with van der Waals surface area (Å²) in [5.74, 6) is 1.52. The van der Waals surface area contributed by atoms with Gasteiger partial charge in [0.1, 0.15) is 0 Å². The summed E-state index contributed by atoms with van der Waals surface area (Å²) < 4.78 is 2.11. The van der Waals surface area contributed by atoms with Crippen LogP contribution in [-0.2, 0) is 0 Å². The first kappa shape index (κ1) is 17.3. The Morgan fingerprint density at radius 1 is 0.926 bits per heavy atom. The van der Waals surface area contributed by atoms with Gasteiger partial charge in [0, 0.05) is 5.02 Å². The summed E-state index contributed by atoms with van der Waals surface area (Å²) in [7, 11) is 0. The molecule has 0 spiro atoms. The number of hydrogen-bond donors (Lipinski definition) is 1. The Balaban J connectivity index is 1.37. The number of fused-ring (bicyclic) bond motifs is 1. The molecule has 4 heteroatoms. The van der Waals surface area contributed by atoms with Crippen LogP contribution in [0, 0.1) is 5.92 Å². The Labute approximate surface area is 165 Å². The zero-order chi connectivity index (χ0) is 18.4. The lowest BCUT2D eigenvalue weighted by Crippen LogP contribution is -2.22. The van der Waals surface area contributed by atoms with Crippen molar-refractivity contribution in [3.63, 3.8) is 0 Å². The quantitative estimate of drug-likeness (QED) is 0.614. The molecule has 2 saturated carbocycles. The first-order valence-electron chi connectivity index (χ1n) is 10.1. The molecule has 1 aromatic carbocycles. The van der Waals surface area contributed by atoms with Crippen molar-refractivity contribution in [2.75, 3.05) is 0 Å². The molecule has 140 valence electrons. The molecular weight excluding hydrogens is 356 g/mol. The molecule has 2 fully saturated rings. The van der Waals surface area contributed by atoms with Crippen LogP contribution in [0.5, 0.6) is 0 Å². The topological polar surface area (TPSA) is 37.5 Å². The van der Waals surface area contributed by atoms with E-state index in [1.165, 1.54) is 24.0 Å². The largest absolute Gasteiger partial charge is 0.387 e.